The van der Waals surface area contributed by atoms with Crippen molar-refractivity contribution in [1.29, 1.82) is 0 Å². The van der Waals surface area contributed by atoms with Gasteiger partial charge >= 0.3 is 0 Å². The predicted octanol–water partition coefficient (Wildman–Crippen LogP) is 5.15. The van der Waals surface area contributed by atoms with Gasteiger partial charge in [-0.1, -0.05) is 61.4 Å². The Balaban J connectivity index is 1.41. The zero-order valence-corrected chi connectivity index (χ0v) is 19.2. The molecule has 32 heavy (non-hydrogen) atoms. The smallest absolute Gasteiger partial charge is 0.231 e. The molecule has 4 rings (SSSR count). The van der Waals surface area contributed by atoms with Gasteiger partial charge in [-0.05, 0) is 30.5 Å². The van der Waals surface area contributed by atoms with Crippen LogP contribution in [0.4, 0.5) is 0 Å². The summed E-state index contributed by atoms with van der Waals surface area (Å²) < 4.78 is 12.8. The van der Waals surface area contributed by atoms with Crippen LogP contribution in [0.1, 0.15) is 49.3 Å². The zero-order valence-electron chi connectivity index (χ0n) is 19.2. The van der Waals surface area contributed by atoms with Gasteiger partial charge in [-0.15, -0.1) is 0 Å². The van der Waals surface area contributed by atoms with Crippen LogP contribution < -0.4 is 4.74 Å². The van der Waals surface area contributed by atoms with Gasteiger partial charge in [0.2, 0.25) is 5.89 Å². The van der Waals surface area contributed by atoms with E-state index in [1.54, 1.807) is 6.20 Å². The number of aromatic nitrogens is 1. The minimum absolute atomic E-state index is 0.133. The molecule has 0 amide bonds. The Labute approximate surface area is 191 Å². The summed E-state index contributed by atoms with van der Waals surface area (Å²) >= 11 is 0. The fourth-order valence-corrected chi connectivity index (χ4v) is 4.83. The second-order valence-electron chi connectivity index (χ2n) is 9.58. The van der Waals surface area contributed by atoms with Crippen molar-refractivity contribution in [2.75, 3.05) is 27.2 Å². The monoisotopic (exact) mass is 435 g/mol. The lowest BCUT2D eigenvalue weighted by Gasteiger charge is -2.32. The lowest BCUT2D eigenvalue weighted by atomic mass is 9.80. The van der Waals surface area contributed by atoms with Gasteiger partial charge in [0.15, 0.2) is 11.4 Å². The maximum atomic E-state index is 11.9. The molecule has 1 atom stereocenters. The standard InChI is InChI=1S/C27H35N2O3/c1-29(2,18-11-19-31-24-16-7-4-8-17-24)21-25-20-28-26(32-25)27(30,23-14-9-10-15-23)22-12-5-3-6-13-22/h3-8,12-13,16-17,20,23,30H,9-11,14-15,18-19,21H2,1-2H3/q+1/t27-/m0/s1. The number of aliphatic hydroxyl groups is 1. The van der Waals surface area contributed by atoms with Gasteiger partial charge in [0.05, 0.1) is 33.4 Å². The zero-order chi connectivity index (χ0) is 22.4. The lowest BCUT2D eigenvalue weighted by Crippen LogP contribution is -2.40. The van der Waals surface area contributed by atoms with Gasteiger partial charge in [-0.3, -0.25) is 0 Å². The van der Waals surface area contributed by atoms with Crippen LogP contribution in [0.25, 0.3) is 0 Å². The highest BCUT2D eigenvalue weighted by Gasteiger charge is 2.45. The van der Waals surface area contributed by atoms with Crippen molar-refractivity contribution in [3.05, 3.63) is 84.1 Å². The van der Waals surface area contributed by atoms with Crippen molar-refractivity contribution in [3.8, 4) is 5.75 Å². The van der Waals surface area contributed by atoms with Gasteiger partial charge in [0, 0.05) is 12.3 Å². The van der Waals surface area contributed by atoms with Crippen molar-refractivity contribution >= 4 is 0 Å². The molecule has 2 aromatic carbocycles. The average molecular weight is 436 g/mol. The second kappa shape index (κ2) is 9.88. The molecule has 1 aliphatic rings. The Hall–Kier alpha value is -2.63. The van der Waals surface area contributed by atoms with E-state index in [9.17, 15) is 5.11 Å². The molecular weight excluding hydrogens is 400 g/mol. The highest BCUT2D eigenvalue weighted by molar-refractivity contribution is 5.30. The second-order valence-corrected chi connectivity index (χ2v) is 9.58. The maximum Gasteiger partial charge on any atom is 0.231 e. The lowest BCUT2D eigenvalue weighted by molar-refractivity contribution is -0.904. The molecule has 3 aromatic rings. The van der Waals surface area contributed by atoms with Gasteiger partial charge in [-0.25, -0.2) is 4.98 Å². The molecule has 0 aliphatic heterocycles. The first-order valence-electron chi connectivity index (χ1n) is 11.7. The van der Waals surface area contributed by atoms with E-state index in [0.717, 1.165) is 60.2 Å². The Morgan fingerprint density at radius 1 is 1.03 bits per heavy atom. The number of ether oxygens (including phenoxy) is 1. The minimum atomic E-state index is -1.17. The summed E-state index contributed by atoms with van der Waals surface area (Å²) in [6.07, 6.45) is 7.00. The third-order valence-corrected chi connectivity index (χ3v) is 6.54. The summed E-state index contributed by atoms with van der Waals surface area (Å²) in [4.78, 5) is 4.58. The van der Waals surface area contributed by atoms with Crippen LogP contribution in [-0.4, -0.2) is 41.8 Å². The molecule has 5 heteroatoms. The molecule has 0 radical (unpaired) electrons. The molecule has 0 spiro atoms. The molecule has 1 fully saturated rings. The first-order chi connectivity index (χ1) is 15.5. The van der Waals surface area contributed by atoms with Crippen LogP contribution in [0.3, 0.4) is 0 Å². The van der Waals surface area contributed by atoms with Crippen LogP contribution in [0.15, 0.2) is 71.3 Å². The van der Waals surface area contributed by atoms with Gasteiger partial charge in [0.1, 0.15) is 12.3 Å². The van der Waals surface area contributed by atoms with E-state index >= 15 is 0 Å². The highest BCUT2D eigenvalue weighted by atomic mass is 16.5. The Bertz CT molecular complexity index is 965. The van der Waals surface area contributed by atoms with Crippen molar-refractivity contribution < 1.29 is 18.7 Å². The fourth-order valence-electron chi connectivity index (χ4n) is 4.83. The van der Waals surface area contributed by atoms with E-state index in [1.807, 2.05) is 60.7 Å². The van der Waals surface area contributed by atoms with Gasteiger partial charge in [0.25, 0.3) is 0 Å². The van der Waals surface area contributed by atoms with E-state index in [1.165, 1.54) is 0 Å². The normalized spacial score (nSPS) is 16.7. The van der Waals surface area contributed by atoms with Crippen molar-refractivity contribution in [1.82, 2.24) is 4.98 Å². The fraction of sp³-hybridized carbons (Fsp3) is 0.444. The highest BCUT2D eigenvalue weighted by Crippen LogP contribution is 2.44. The van der Waals surface area contributed by atoms with Crippen LogP contribution in [0.5, 0.6) is 5.75 Å². The number of rotatable bonds is 10. The Morgan fingerprint density at radius 3 is 2.38 bits per heavy atom. The van der Waals surface area contributed by atoms with E-state index in [2.05, 4.69) is 19.1 Å². The van der Waals surface area contributed by atoms with Crippen LogP contribution in [0, 0.1) is 5.92 Å². The summed E-state index contributed by atoms with van der Waals surface area (Å²) in [5.41, 5.74) is -0.302. The molecule has 0 bridgehead atoms. The summed E-state index contributed by atoms with van der Waals surface area (Å²) in [5.74, 6) is 2.28. The van der Waals surface area contributed by atoms with E-state index < -0.39 is 5.60 Å². The molecule has 5 nitrogen and oxygen atoms in total. The van der Waals surface area contributed by atoms with Crippen LogP contribution in [-0.2, 0) is 12.1 Å². The minimum Gasteiger partial charge on any atom is -0.493 e. The summed E-state index contributed by atoms with van der Waals surface area (Å²) in [7, 11) is 4.37. The van der Waals surface area contributed by atoms with Crippen LogP contribution >= 0.6 is 0 Å². The molecule has 1 aliphatic carbocycles. The van der Waals surface area contributed by atoms with E-state index in [0.29, 0.717) is 19.0 Å². The molecule has 1 aromatic heterocycles. The third-order valence-electron chi connectivity index (χ3n) is 6.54. The number of hydrogen-bond donors (Lipinski definition) is 1. The van der Waals surface area contributed by atoms with Gasteiger partial charge in [-0.2, -0.15) is 0 Å². The number of quaternary nitrogens is 1. The number of para-hydroxylation sites is 1. The van der Waals surface area contributed by atoms with Crippen LogP contribution in [0.2, 0.25) is 0 Å². The summed E-state index contributed by atoms with van der Waals surface area (Å²) in [6.45, 7) is 2.35. The summed E-state index contributed by atoms with van der Waals surface area (Å²) in [5, 5.41) is 11.9. The molecule has 1 saturated carbocycles. The number of oxazole rings is 1. The molecule has 0 saturated heterocycles. The maximum absolute atomic E-state index is 11.9. The number of hydrogen-bond acceptors (Lipinski definition) is 4. The average Bonchev–Trinajstić information content (AvgIpc) is 3.50. The Morgan fingerprint density at radius 2 is 1.69 bits per heavy atom. The first-order valence-corrected chi connectivity index (χ1v) is 11.7. The molecular formula is C27H35N2O3+. The number of benzene rings is 2. The van der Waals surface area contributed by atoms with Crippen molar-refractivity contribution in [2.45, 2.75) is 44.2 Å². The quantitative estimate of drug-likeness (QED) is 0.354. The molecule has 1 heterocycles. The molecule has 1 N–H and O–H groups in total. The SMILES string of the molecule is C[N+](C)(CCCOc1ccccc1)Cc1cnc([C@](O)(c2ccccc2)C2CCCC2)o1. The first kappa shape index (κ1) is 22.6. The molecule has 170 valence electrons. The van der Waals surface area contributed by atoms with Gasteiger partial charge < -0.3 is 18.7 Å². The van der Waals surface area contributed by atoms with E-state index in [4.69, 9.17) is 9.15 Å². The van der Waals surface area contributed by atoms with E-state index in [-0.39, 0.29) is 5.92 Å². The number of nitrogens with zero attached hydrogens (tertiary/aromatic N) is 2. The molecule has 0 unspecified atom stereocenters. The third kappa shape index (κ3) is 5.22. The topological polar surface area (TPSA) is 55.5 Å². The predicted molar refractivity (Wildman–Crippen MR) is 125 cm³/mol. The summed E-state index contributed by atoms with van der Waals surface area (Å²) in [6, 6.07) is 19.8. The van der Waals surface area contributed by atoms with Crippen molar-refractivity contribution in [2.24, 2.45) is 5.92 Å². The Kier molecular flexibility index (Phi) is 6.97. The largest absolute Gasteiger partial charge is 0.493 e. The van der Waals surface area contributed by atoms with Crippen molar-refractivity contribution in [3.63, 3.8) is 0 Å².